The second-order valence-corrected chi connectivity index (χ2v) is 5.36. The second-order valence-electron chi connectivity index (χ2n) is 5.36. The standard InChI is InChI=1S/C17H20FN/c1-17(2,14-7-5-4-6-8-14)16(19-3)13-9-11-15(18)12-10-13/h4-12,16,19H,1-3H3. The van der Waals surface area contributed by atoms with Crippen molar-refractivity contribution in [1.82, 2.24) is 5.32 Å². The van der Waals surface area contributed by atoms with Gasteiger partial charge in [-0.3, -0.25) is 0 Å². The van der Waals surface area contributed by atoms with Crippen LogP contribution in [0, 0.1) is 5.82 Å². The number of nitrogens with one attached hydrogen (secondary N) is 1. The van der Waals surface area contributed by atoms with Gasteiger partial charge in [0.1, 0.15) is 5.82 Å². The number of rotatable bonds is 4. The Morgan fingerprint density at radius 3 is 2.05 bits per heavy atom. The largest absolute Gasteiger partial charge is 0.312 e. The van der Waals surface area contributed by atoms with Gasteiger partial charge in [0.15, 0.2) is 0 Å². The van der Waals surface area contributed by atoms with Crippen LogP contribution in [0.4, 0.5) is 4.39 Å². The van der Waals surface area contributed by atoms with Crippen molar-refractivity contribution < 1.29 is 4.39 Å². The summed E-state index contributed by atoms with van der Waals surface area (Å²) in [6.07, 6.45) is 0. The lowest BCUT2D eigenvalue weighted by Gasteiger charge is -2.35. The molecule has 0 saturated carbocycles. The highest BCUT2D eigenvalue weighted by Gasteiger charge is 2.31. The summed E-state index contributed by atoms with van der Waals surface area (Å²) < 4.78 is 13.1. The number of benzene rings is 2. The van der Waals surface area contributed by atoms with Gasteiger partial charge in [0.25, 0.3) is 0 Å². The maximum atomic E-state index is 13.1. The third-order valence-corrected chi connectivity index (χ3v) is 3.73. The van der Waals surface area contributed by atoms with Crippen molar-refractivity contribution in [1.29, 1.82) is 0 Å². The molecule has 0 saturated heterocycles. The summed E-state index contributed by atoms with van der Waals surface area (Å²) >= 11 is 0. The molecule has 0 aromatic heterocycles. The fourth-order valence-electron chi connectivity index (χ4n) is 2.63. The fraction of sp³-hybridized carbons (Fsp3) is 0.294. The van der Waals surface area contributed by atoms with E-state index < -0.39 is 0 Å². The monoisotopic (exact) mass is 257 g/mol. The zero-order chi connectivity index (χ0) is 13.9. The molecule has 1 N–H and O–H groups in total. The summed E-state index contributed by atoms with van der Waals surface area (Å²) in [6.45, 7) is 4.40. The molecule has 0 heterocycles. The summed E-state index contributed by atoms with van der Waals surface area (Å²) in [6, 6.07) is 17.2. The number of hydrogen-bond donors (Lipinski definition) is 1. The molecule has 0 radical (unpaired) electrons. The Bertz CT molecular complexity index is 517. The van der Waals surface area contributed by atoms with Crippen LogP contribution >= 0.6 is 0 Å². The summed E-state index contributed by atoms with van der Waals surface area (Å²) in [4.78, 5) is 0. The molecule has 100 valence electrons. The molecule has 0 aliphatic heterocycles. The van der Waals surface area contributed by atoms with Gasteiger partial charge in [-0.15, -0.1) is 0 Å². The first-order valence-corrected chi connectivity index (χ1v) is 6.54. The van der Waals surface area contributed by atoms with Gasteiger partial charge in [-0.2, -0.15) is 0 Å². The SMILES string of the molecule is CNC(c1ccc(F)cc1)C(C)(C)c1ccccc1. The van der Waals surface area contributed by atoms with Crippen LogP contribution in [-0.4, -0.2) is 7.05 Å². The van der Waals surface area contributed by atoms with E-state index in [9.17, 15) is 4.39 Å². The first-order chi connectivity index (χ1) is 9.05. The van der Waals surface area contributed by atoms with Crippen molar-refractivity contribution in [3.8, 4) is 0 Å². The minimum Gasteiger partial charge on any atom is -0.312 e. The first-order valence-electron chi connectivity index (χ1n) is 6.54. The van der Waals surface area contributed by atoms with Crippen LogP contribution in [0.3, 0.4) is 0 Å². The van der Waals surface area contributed by atoms with Gasteiger partial charge in [0.2, 0.25) is 0 Å². The van der Waals surface area contributed by atoms with E-state index in [1.807, 2.05) is 25.2 Å². The van der Waals surface area contributed by atoms with Crippen molar-refractivity contribution in [2.75, 3.05) is 7.05 Å². The normalized spacial score (nSPS) is 13.3. The molecule has 0 amide bonds. The van der Waals surface area contributed by atoms with E-state index in [1.54, 1.807) is 0 Å². The zero-order valence-electron chi connectivity index (χ0n) is 11.7. The molecule has 0 aliphatic carbocycles. The van der Waals surface area contributed by atoms with E-state index >= 15 is 0 Å². The third kappa shape index (κ3) is 2.85. The van der Waals surface area contributed by atoms with Crippen LogP contribution in [0.15, 0.2) is 54.6 Å². The molecule has 2 aromatic carbocycles. The zero-order valence-corrected chi connectivity index (χ0v) is 11.7. The molecule has 0 aliphatic rings. The molecule has 0 spiro atoms. The van der Waals surface area contributed by atoms with E-state index in [2.05, 4.69) is 43.4 Å². The molecule has 2 aromatic rings. The van der Waals surface area contributed by atoms with E-state index in [0.29, 0.717) is 0 Å². The molecule has 1 nitrogen and oxygen atoms in total. The molecule has 19 heavy (non-hydrogen) atoms. The first kappa shape index (κ1) is 13.8. The Hall–Kier alpha value is -1.67. The predicted molar refractivity (Wildman–Crippen MR) is 77.7 cm³/mol. The minimum atomic E-state index is -0.198. The summed E-state index contributed by atoms with van der Waals surface area (Å²) in [7, 11) is 1.94. The molecule has 2 heteroatoms. The average Bonchev–Trinajstić information content (AvgIpc) is 2.42. The quantitative estimate of drug-likeness (QED) is 0.870. The van der Waals surface area contributed by atoms with Gasteiger partial charge >= 0.3 is 0 Å². The summed E-state index contributed by atoms with van der Waals surface area (Å²) in [5.41, 5.74) is 2.28. The van der Waals surface area contributed by atoms with Crippen LogP contribution < -0.4 is 5.32 Å². The van der Waals surface area contributed by atoms with Crippen molar-refractivity contribution in [2.24, 2.45) is 0 Å². The Balaban J connectivity index is 2.38. The van der Waals surface area contributed by atoms with E-state index in [1.165, 1.54) is 17.7 Å². The maximum Gasteiger partial charge on any atom is 0.123 e. The summed E-state index contributed by atoms with van der Waals surface area (Å²) in [5.74, 6) is -0.198. The number of likely N-dealkylation sites (N-methyl/N-ethyl adjacent to an activating group) is 1. The van der Waals surface area contributed by atoms with E-state index in [0.717, 1.165) is 5.56 Å². The Morgan fingerprint density at radius 2 is 1.53 bits per heavy atom. The van der Waals surface area contributed by atoms with Crippen LogP contribution in [0.25, 0.3) is 0 Å². The molecular formula is C17H20FN. The fourth-order valence-corrected chi connectivity index (χ4v) is 2.63. The second kappa shape index (κ2) is 5.54. The van der Waals surface area contributed by atoms with Crippen molar-refractivity contribution >= 4 is 0 Å². The Labute approximate surface area is 114 Å². The topological polar surface area (TPSA) is 12.0 Å². The van der Waals surface area contributed by atoms with E-state index in [-0.39, 0.29) is 17.3 Å². The molecule has 2 rings (SSSR count). The molecule has 1 atom stereocenters. The Kier molecular flexibility index (Phi) is 4.01. The van der Waals surface area contributed by atoms with Gasteiger partial charge in [0.05, 0.1) is 0 Å². The highest BCUT2D eigenvalue weighted by molar-refractivity contribution is 5.31. The van der Waals surface area contributed by atoms with Crippen LogP contribution in [0.2, 0.25) is 0 Å². The van der Waals surface area contributed by atoms with Gasteiger partial charge in [0, 0.05) is 11.5 Å². The lowest BCUT2D eigenvalue weighted by molar-refractivity contribution is 0.368. The van der Waals surface area contributed by atoms with Crippen molar-refractivity contribution in [3.63, 3.8) is 0 Å². The summed E-state index contributed by atoms with van der Waals surface area (Å²) in [5, 5.41) is 3.35. The molecular weight excluding hydrogens is 237 g/mol. The van der Waals surface area contributed by atoms with Gasteiger partial charge < -0.3 is 5.32 Å². The Morgan fingerprint density at radius 1 is 0.947 bits per heavy atom. The lowest BCUT2D eigenvalue weighted by Crippen LogP contribution is -2.35. The van der Waals surface area contributed by atoms with Gasteiger partial charge in [-0.1, -0.05) is 56.3 Å². The van der Waals surface area contributed by atoms with Crippen molar-refractivity contribution in [3.05, 3.63) is 71.5 Å². The smallest absolute Gasteiger partial charge is 0.123 e. The molecule has 1 unspecified atom stereocenters. The molecule has 0 bridgehead atoms. The lowest BCUT2D eigenvalue weighted by atomic mass is 9.75. The van der Waals surface area contributed by atoms with Gasteiger partial charge in [-0.25, -0.2) is 4.39 Å². The van der Waals surface area contributed by atoms with Crippen LogP contribution in [-0.2, 0) is 5.41 Å². The van der Waals surface area contributed by atoms with Crippen molar-refractivity contribution in [2.45, 2.75) is 25.3 Å². The van der Waals surface area contributed by atoms with E-state index in [4.69, 9.17) is 0 Å². The predicted octanol–water partition coefficient (Wildman–Crippen LogP) is 4.06. The highest BCUT2D eigenvalue weighted by Crippen LogP contribution is 2.36. The number of hydrogen-bond acceptors (Lipinski definition) is 1. The maximum absolute atomic E-state index is 13.1. The third-order valence-electron chi connectivity index (χ3n) is 3.73. The molecule has 0 fully saturated rings. The number of halogens is 1. The van der Waals surface area contributed by atoms with Gasteiger partial charge in [-0.05, 0) is 30.3 Å². The van der Waals surface area contributed by atoms with Crippen LogP contribution in [0.1, 0.15) is 31.0 Å². The highest BCUT2D eigenvalue weighted by atomic mass is 19.1. The van der Waals surface area contributed by atoms with Crippen LogP contribution in [0.5, 0.6) is 0 Å². The minimum absolute atomic E-state index is 0.0756. The average molecular weight is 257 g/mol.